The first-order valence-electron chi connectivity index (χ1n) is 12.8. The summed E-state index contributed by atoms with van der Waals surface area (Å²) >= 11 is 0. The average molecular weight is 677 g/mol. The summed E-state index contributed by atoms with van der Waals surface area (Å²) in [5.74, 6) is -4.15. The number of halogens is 8. The van der Waals surface area contributed by atoms with Gasteiger partial charge >= 0.3 is 18.0 Å². The van der Waals surface area contributed by atoms with Crippen LogP contribution in [0.4, 0.5) is 35.1 Å². The first-order chi connectivity index (χ1) is 20.0. The van der Waals surface area contributed by atoms with Gasteiger partial charge in [0.05, 0.1) is 16.4 Å². The Balaban J connectivity index is 1.84. The van der Waals surface area contributed by atoms with Crippen molar-refractivity contribution in [1.29, 1.82) is 0 Å². The highest BCUT2D eigenvalue weighted by atomic mass is 32.2. The van der Waals surface area contributed by atoms with Gasteiger partial charge in [-0.25, -0.2) is 25.6 Å². The van der Waals surface area contributed by atoms with E-state index in [4.69, 9.17) is 5.73 Å². The SMILES string of the molecule is NC(=O)C1(C(=O)N2CC[C@](c3ccc(C(F)(C(F)(F)F)C(F)(F)F)cc3)(S(=O)(=O)c3ccc(F)cc3)C2)CCS(=O)(=O)CC1. The maximum Gasteiger partial charge on any atom is 0.435 e. The first-order valence-corrected chi connectivity index (χ1v) is 16.1. The minimum absolute atomic E-state index is 0.139. The number of nitrogens with two attached hydrogens (primary N) is 1. The summed E-state index contributed by atoms with van der Waals surface area (Å²) in [6.07, 6.45) is -14.4. The Hall–Kier alpha value is -3.28. The Kier molecular flexibility index (Phi) is 8.15. The number of sulfone groups is 2. The van der Waals surface area contributed by atoms with Crippen LogP contribution in [-0.4, -0.2) is 70.5 Å². The largest absolute Gasteiger partial charge is 0.435 e. The van der Waals surface area contributed by atoms with Gasteiger partial charge in [-0.05, 0) is 49.1 Å². The molecule has 4 rings (SSSR count). The summed E-state index contributed by atoms with van der Waals surface area (Å²) in [6, 6.07) is 4.70. The zero-order chi connectivity index (χ0) is 33.1. The van der Waals surface area contributed by atoms with E-state index in [2.05, 4.69) is 0 Å². The molecule has 0 radical (unpaired) electrons. The van der Waals surface area contributed by atoms with Gasteiger partial charge in [0.1, 0.15) is 25.8 Å². The fraction of sp³-hybridized carbons (Fsp3) is 0.462. The molecular weight excluding hydrogens is 652 g/mol. The second-order valence-electron chi connectivity index (χ2n) is 10.8. The third-order valence-corrected chi connectivity index (χ3v) is 12.5. The second kappa shape index (κ2) is 10.7. The second-order valence-corrected chi connectivity index (χ2v) is 15.3. The number of hydrogen-bond donors (Lipinski definition) is 1. The molecule has 44 heavy (non-hydrogen) atoms. The molecule has 18 heteroatoms. The van der Waals surface area contributed by atoms with Crippen molar-refractivity contribution < 1.29 is 61.5 Å². The quantitative estimate of drug-likeness (QED) is 0.282. The van der Waals surface area contributed by atoms with Gasteiger partial charge in [-0.3, -0.25) is 9.59 Å². The zero-order valence-electron chi connectivity index (χ0n) is 22.4. The Morgan fingerprint density at radius 2 is 1.32 bits per heavy atom. The lowest BCUT2D eigenvalue weighted by molar-refractivity contribution is -0.348. The van der Waals surface area contributed by atoms with E-state index in [-0.39, 0.29) is 12.1 Å². The summed E-state index contributed by atoms with van der Waals surface area (Å²) in [4.78, 5) is 26.5. The van der Waals surface area contributed by atoms with Gasteiger partial charge in [0.25, 0.3) is 0 Å². The molecule has 2 amide bonds. The van der Waals surface area contributed by atoms with Gasteiger partial charge in [0.15, 0.2) is 9.84 Å². The molecule has 2 heterocycles. The molecular formula is C26H24F8N2O6S2. The number of likely N-dealkylation sites (tertiary alicyclic amines) is 1. The molecule has 2 saturated heterocycles. The number of alkyl halides is 7. The molecule has 0 bridgehead atoms. The predicted octanol–water partition coefficient (Wildman–Crippen LogP) is 3.70. The Morgan fingerprint density at radius 1 is 0.818 bits per heavy atom. The van der Waals surface area contributed by atoms with Crippen LogP contribution in [0.5, 0.6) is 0 Å². The number of primary amides is 1. The van der Waals surface area contributed by atoms with Crippen LogP contribution < -0.4 is 5.73 Å². The summed E-state index contributed by atoms with van der Waals surface area (Å²) in [6.45, 7) is -1.22. The van der Waals surface area contributed by atoms with Crippen molar-refractivity contribution in [2.45, 2.75) is 46.9 Å². The van der Waals surface area contributed by atoms with E-state index >= 15 is 0 Å². The molecule has 0 spiro atoms. The van der Waals surface area contributed by atoms with Crippen molar-refractivity contribution >= 4 is 31.5 Å². The van der Waals surface area contributed by atoms with E-state index in [0.29, 0.717) is 12.1 Å². The van der Waals surface area contributed by atoms with E-state index < -0.39 is 125 Å². The first kappa shape index (κ1) is 33.6. The molecule has 2 aliphatic heterocycles. The van der Waals surface area contributed by atoms with Crippen LogP contribution in [0.2, 0.25) is 0 Å². The molecule has 1 atom stereocenters. The van der Waals surface area contributed by atoms with Crippen LogP contribution in [-0.2, 0) is 39.7 Å². The van der Waals surface area contributed by atoms with Gasteiger partial charge in [-0.15, -0.1) is 0 Å². The van der Waals surface area contributed by atoms with Gasteiger partial charge in [-0.1, -0.05) is 24.3 Å². The normalized spacial score (nSPS) is 22.5. The number of carbonyl (C=O) groups excluding carboxylic acids is 2. The van der Waals surface area contributed by atoms with Crippen molar-refractivity contribution in [3.63, 3.8) is 0 Å². The molecule has 0 aromatic heterocycles. The van der Waals surface area contributed by atoms with Crippen LogP contribution in [0.1, 0.15) is 30.4 Å². The number of nitrogens with zero attached hydrogens (tertiary/aromatic N) is 1. The molecule has 2 aromatic carbocycles. The molecule has 2 N–H and O–H groups in total. The lowest BCUT2D eigenvalue weighted by Gasteiger charge is -2.37. The van der Waals surface area contributed by atoms with Gasteiger partial charge in [0.2, 0.25) is 11.8 Å². The summed E-state index contributed by atoms with van der Waals surface area (Å²) in [5, 5.41) is 0. The molecule has 2 aromatic rings. The number of benzene rings is 2. The summed E-state index contributed by atoms with van der Waals surface area (Å²) in [5.41, 5.74) is -4.63. The molecule has 8 nitrogen and oxygen atoms in total. The molecule has 242 valence electrons. The van der Waals surface area contributed by atoms with Gasteiger partial charge in [-0.2, -0.15) is 26.3 Å². The maximum absolute atomic E-state index is 14.7. The van der Waals surface area contributed by atoms with E-state index in [1.54, 1.807) is 0 Å². The van der Waals surface area contributed by atoms with Crippen LogP contribution in [0.15, 0.2) is 53.4 Å². The molecule has 0 unspecified atom stereocenters. The average Bonchev–Trinajstić information content (AvgIpc) is 3.39. The van der Waals surface area contributed by atoms with Crippen LogP contribution in [0.25, 0.3) is 0 Å². The lowest BCUT2D eigenvalue weighted by Crippen LogP contribution is -2.55. The van der Waals surface area contributed by atoms with Gasteiger partial charge < -0.3 is 10.6 Å². The maximum atomic E-state index is 14.7. The smallest absolute Gasteiger partial charge is 0.369 e. The van der Waals surface area contributed by atoms with Crippen LogP contribution in [0.3, 0.4) is 0 Å². The van der Waals surface area contributed by atoms with Crippen molar-refractivity contribution in [2.75, 3.05) is 24.6 Å². The Labute approximate surface area is 246 Å². The molecule has 0 saturated carbocycles. The van der Waals surface area contributed by atoms with E-state index in [1.807, 2.05) is 0 Å². The van der Waals surface area contributed by atoms with Crippen LogP contribution in [0, 0.1) is 11.2 Å². The third kappa shape index (κ3) is 5.22. The van der Waals surface area contributed by atoms with Gasteiger partial charge in [0, 0.05) is 18.7 Å². The topological polar surface area (TPSA) is 132 Å². The monoisotopic (exact) mass is 676 g/mol. The fourth-order valence-electron chi connectivity index (χ4n) is 5.65. The predicted molar refractivity (Wildman–Crippen MR) is 137 cm³/mol. The van der Waals surface area contributed by atoms with Crippen molar-refractivity contribution in [3.8, 4) is 0 Å². The molecule has 0 aliphatic carbocycles. The van der Waals surface area contributed by atoms with Crippen molar-refractivity contribution in [1.82, 2.24) is 4.90 Å². The van der Waals surface area contributed by atoms with E-state index in [9.17, 15) is 61.5 Å². The number of rotatable bonds is 6. The highest BCUT2D eigenvalue weighted by molar-refractivity contribution is 7.92. The third-order valence-electron chi connectivity index (χ3n) is 8.31. The minimum atomic E-state index is -6.43. The number of hydrogen-bond acceptors (Lipinski definition) is 6. The van der Waals surface area contributed by atoms with E-state index in [1.165, 1.54) is 0 Å². The number of amides is 2. The highest BCUT2D eigenvalue weighted by Crippen LogP contribution is 2.54. The molecule has 2 aliphatic rings. The summed E-state index contributed by atoms with van der Waals surface area (Å²) in [7, 11) is -8.35. The minimum Gasteiger partial charge on any atom is -0.369 e. The Bertz CT molecular complexity index is 1650. The molecule has 2 fully saturated rings. The van der Waals surface area contributed by atoms with Crippen molar-refractivity contribution in [3.05, 3.63) is 65.5 Å². The standard InChI is InChI=1S/C26H24F8N2O6S2/c27-18-5-7-19(8-6-18)44(41,42)23(16-1-3-17(4-2-16)24(28,25(29,30)31)26(32,33)34)9-12-36(15-23)21(38)22(20(35)37)10-13-43(39,40)14-11-22/h1-8H,9-15H2,(H2,35,37)/t23-/m0/s1. The number of carbonyl (C=O) groups is 2. The zero-order valence-corrected chi connectivity index (χ0v) is 24.0. The summed E-state index contributed by atoms with van der Waals surface area (Å²) < 4.78 is 158. The van der Waals surface area contributed by atoms with E-state index in [0.717, 1.165) is 29.2 Å². The van der Waals surface area contributed by atoms with Crippen LogP contribution >= 0.6 is 0 Å². The highest BCUT2D eigenvalue weighted by Gasteiger charge is 2.73. The fourth-order valence-corrected chi connectivity index (χ4v) is 9.25. The Morgan fingerprint density at radius 3 is 1.77 bits per heavy atom. The van der Waals surface area contributed by atoms with Crippen molar-refractivity contribution in [2.24, 2.45) is 11.1 Å². The lowest BCUT2D eigenvalue weighted by atomic mass is 9.79.